The molecule has 1 aliphatic heterocycles. The van der Waals surface area contributed by atoms with E-state index in [9.17, 15) is 8.42 Å². The van der Waals surface area contributed by atoms with Crippen molar-refractivity contribution in [3.8, 4) is 12.3 Å². The van der Waals surface area contributed by atoms with Crippen LogP contribution in [-0.2, 0) is 10.0 Å². The van der Waals surface area contributed by atoms with Crippen molar-refractivity contribution in [1.29, 1.82) is 0 Å². The maximum Gasteiger partial charge on any atom is 0.215 e. The third-order valence-electron chi connectivity index (χ3n) is 2.30. The Labute approximate surface area is 85.7 Å². The van der Waals surface area contributed by atoms with Crippen LogP contribution in [-0.4, -0.2) is 44.2 Å². The fourth-order valence-electron chi connectivity index (χ4n) is 1.54. The first-order chi connectivity index (χ1) is 6.58. The Balaban J connectivity index is 2.66. The van der Waals surface area contributed by atoms with E-state index in [0.29, 0.717) is 13.0 Å². The maximum atomic E-state index is 11.8. The largest absolute Gasteiger partial charge is 0.314 e. The van der Waals surface area contributed by atoms with Crippen LogP contribution in [0.25, 0.3) is 0 Å². The van der Waals surface area contributed by atoms with Crippen LogP contribution in [0.1, 0.15) is 13.3 Å². The topological polar surface area (TPSA) is 49.4 Å². The van der Waals surface area contributed by atoms with Crippen molar-refractivity contribution in [2.45, 2.75) is 19.4 Å². The zero-order chi connectivity index (χ0) is 10.6. The summed E-state index contributed by atoms with van der Waals surface area (Å²) in [7, 11) is -3.14. The predicted octanol–water partition coefficient (Wildman–Crippen LogP) is -0.367. The van der Waals surface area contributed by atoms with Crippen molar-refractivity contribution in [3.05, 3.63) is 0 Å². The fraction of sp³-hybridized carbons (Fsp3) is 0.778. The lowest BCUT2D eigenvalue weighted by atomic mass is 10.3. The highest BCUT2D eigenvalue weighted by molar-refractivity contribution is 7.89. The van der Waals surface area contributed by atoms with Crippen LogP contribution in [0.3, 0.4) is 0 Å². The third kappa shape index (κ3) is 2.71. The highest BCUT2D eigenvalue weighted by atomic mass is 32.2. The Kier molecular flexibility index (Phi) is 3.93. The smallest absolute Gasteiger partial charge is 0.215 e. The van der Waals surface area contributed by atoms with Crippen molar-refractivity contribution >= 4 is 10.0 Å². The van der Waals surface area contributed by atoms with Gasteiger partial charge in [-0.25, -0.2) is 8.42 Å². The van der Waals surface area contributed by atoms with Crippen LogP contribution in [0.2, 0.25) is 0 Å². The molecule has 1 fully saturated rings. The Hall–Kier alpha value is -0.570. The van der Waals surface area contributed by atoms with Gasteiger partial charge in [-0.05, 0) is 6.92 Å². The van der Waals surface area contributed by atoms with E-state index in [2.05, 4.69) is 11.2 Å². The molecule has 5 heteroatoms. The molecule has 0 aliphatic carbocycles. The molecule has 0 aromatic carbocycles. The van der Waals surface area contributed by atoms with Gasteiger partial charge in [0.2, 0.25) is 10.0 Å². The van der Waals surface area contributed by atoms with Gasteiger partial charge in [-0.15, -0.1) is 12.3 Å². The molecule has 0 aromatic rings. The van der Waals surface area contributed by atoms with Crippen LogP contribution in [0.4, 0.5) is 0 Å². The summed E-state index contributed by atoms with van der Waals surface area (Å²) < 4.78 is 25.1. The number of nitrogens with zero attached hydrogens (tertiary/aromatic N) is 1. The molecular weight excluding hydrogens is 200 g/mol. The summed E-state index contributed by atoms with van der Waals surface area (Å²) >= 11 is 0. The summed E-state index contributed by atoms with van der Waals surface area (Å²) in [6.07, 6.45) is 5.35. The molecule has 1 saturated heterocycles. The normalized spacial score (nSPS) is 24.4. The Morgan fingerprint density at radius 3 is 2.93 bits per heavy atom. The molecule has 14 heavy (non-hydrogen) atoms. The van der Waals surface area contributed by atoms with Gasteiger partial charge >= 0.3 is 0 Å². The molecule has 1 N–H and O–H groups in total. The van der Waals surface area contributed by atoms with Crippen molar-refractivity contribution in [3.63, 3.8) is 0 Å². The number of nitrogens with one attached hydrogen (secondary N) is 1. The molecule has 1 atom stereocenters. The molecule has 0 bridgehead atoms. The van der Waals surface area contributed by atoms with E-state index in [-0.39, 0.29) is 11.8 Å². The first kappa shape index (κ1) is 11.5. The first-order valence-electron chi connectivity index (χ1n) is 4.71. The van der Waals surface area contributed by atoms with E-state index < -0.39 is 10.0 Å². The molecule has 0 spiro atoms. The van der Waals surface area contributed by atoms with E-state index >= 15 is 0 Å². The standard InChI is InChI=1S/C9H16N2O2S/c1-3-4-7-14(12,13)11-6-5-10-8-9(11)2/h1,9-10H,4-8H2,2H3. The summed E-state index contributed by atoms with van der Waals surface area (Å²) in [5, 5.41) is 3.15. The molecular formula is C9H16N2O2S. The lowest BCUT2D eigenvalue weighted by molar-refractivity contribution is 0.284. The van der Waals surface area contributed by atoms with Gasteiger partial charge < -0.3 is 5.32 Å². The average Bonchev–Trinajstić information content (AvgIpc) is 2.15. The lowest BCUT2D eigenvalue weighted by Gasteiger charge is -2.32. The van der Waals surface area contributed by atoms with E-state index in [1.165, 1.54) is 0 Å². The summed E-state index contributed by atoms with van der Waals surface area (Å²) in [4.78, 5) is 0. The third-order valence-corrected chi connectivity index (χ3v) is 4.28. The molecule has 0 radical (unpaired) electrons. The van der Waals surface area contributed by atoms with Gasteiger partial charge in [-0.3, -0.25) is 0 Å². The minimum atomic E-state index is -3.14. The molecule has 0 aromatic heterocycles. The van der Waals surface area contributed by atoms with Crippen molar-refractivity contribution < 1.29 is 8.42 Å². The van der Waals surface area contributed by atoms with Crippen LogP contribution in [0.5, 0.6) is 0 Å². The lowest BCUT2D eigenvalue weighted by Crippen LogP contribution is -2.52. The van der Waals surface area contributed by atoms with Gasteiger partial charge in [0, 0.05) is 32.1 Å². The summed E-state index contributed by atoms with van der Waals surface area (Å²) in [5.74, 6) is 2.42. The molecule has 0 saturated carbocycles. The molecule has 1 heterocycles. The fourth-order valence-corrected chi connectivity index (χ4v) is 3.14. The molecule has 1 unspecified atom stereocenters. The molecule has 1 rings (SSSR count). The summed E-state index contributed by atoms with van der Waals surface area (Å²) in [6.45, 7) is 3.89. The summed E-state index contributed by atoms with van der Waals surface area (Å²) in [6, 6.07) is 0.0338. The van der Waals surface area contributed by atoms with Crippen molar-refractivity contribution in [2.24, 2.45) is 0 Å². The number of hydrogen-bond donors (Lipinski definition) is 1. The van der Waals surface area contributed by atoms with Crippen LogP contribution >= 0.6 is 0 Å². The maximum absolute atomic E-state index is 11.8. The Morgan fingerprint density at radius 2 is 2.36 bits per heavy atom. The van der Waals surface area contributed by atoms with Gasteiger partial charge in [0.1, 0.15) is 0 Å². The second kappa shape index (κ2) is 4.78. The van der Waals surface area contributed by atoms with Gasteiger partial charge in [0.25, 0.3) is 0 Å². The minimum Gasteiger partial charge on any atom is -0.314 e. The first-order valence-corrected chi connectivity index (χ1v) is 6.32. The quantitative estimate of drug-likeness (QED) is 0.655. The predicted molar refractivity (Wildman–Crippen MR) is 56.3 cm³/mol. The Bertz CT molecular complexity index is 318. The SMILES string of the molecule is C#CCCS(=O)(=O)N1CCNCC1C. The molecule has 80 valence electrons. The zero-order valence-electron chi connectivity index (χ0n) is 8.36. The zero-order valence-corrected chi connectivity index (χ0v) is 9.18. The van der Waals surface area contributed by atoms with Crippen LogP contribution < -0.4 is 5.32 Å². The molecule has 0 amide bonds. The second-order valence-corrected chi connectivity index (χ2v) is 5.48. The van der Waals surface area contributed by atoms with Gasteiger partial charge in [-0.2, -0.15) is 4.31 Å². The highest BCUT2D eigenvalue weighted by Crippen LogP contribution is 2.10. The van der Waals surface area contributed by atoms with Crippen molar-refractivity contribution in [1.82, 2.24) is 9.62 Å². The summed E-state index contributed by atoms with van der Waals surface area (Å²) in [5.41, 5.74) is 0. The highest BCUT2D eigenvalue weighted by Gasteiger charge is 2.28. The number of piperazine rings is 1. The molecule has 4 nitrogen and oxygen atoms in total. The second-order valence-electron chi connectivity index (χ2n) is 3.43. The number of hydrogen-bond acceptors (Lipinski definition) is 3. The van der Waals surface area contributed by atoms with E-state index in [0.717, 1.165) is 13.1 Å². The van der Waals surface area contributed by atoms with E-state index in [4.69, 9.17) is 6.42 Å². The number of rotatable bonds is 3. The number of sulfonamides is 1. The van der Waals surface area contributed by atoms with Gasteiger partial charge in [-0.1, -0.05) is 0 Å². The minimum absolute atomic E-state index is 0.0338. The van der Waals surface area contributed by atoms with Crippen LogP contribution in [0.15, 0.2) is 0 Å². The molecule has 1 aliphatic rings. The number of terminal acetylenes is 1. The van der Waals surface area contributed by atoms with Crippen molar-refractivity contribution in [2.75, 3.05) is 25.4 Å². The van der Waals surface area contributed by atoms with E-state index in [1.807, 2.05) is 6.92 Å². The monoisotopic (exact) mass is 216 g/mol. The van der Waals surface area contributed by atoms with Gasteiger partial charge in [0.15, 0.2) is 0 Å². The van der Waals surface area contributed by atoms with Gasteiger partial charge in [0.05, 0.1) is 5.75 Å². The van der Waals surface area contributed by atoms with Crippen LogP contribution in [0, 0.1) is 12.3 Å². The Morgan fingerprint density at radius 1 is 1.64 bits per heavy atom. The average molecular weight is 216 g/mol. The van der Waals surface area contributed by atoms with E-state index in [1.54, 1.807) is 4.31 Å².